The second-order valence-electron chi connectivity index (χ2n) is 7.47. The number of benzene rings is 1. The second-order valence-corrected chi connectivity index (χ2v) is 7.47. The molecule has 0 unspecified atom stereocenters. The van der Waals surface area contributed by atoms with Crippen molar-refractivity contribution in [2.24, 2.45) is 5.41 Å². The van der Waals surface area contributed by atoms with Gasteiger partial charge in [-0.05, 0) is 30.0 Å². The van der Waals surface area contributed by atoms with Gasteiger partial charge in [0.25, 0.3) is 0 Å². The van der Waals surface area contributed by atoms with Gasteiger partial charge in [0.1, 0.15) is 5.76 Å². The zero-order valence-electron chi connectivity index (χ0n) is 15.1. The van der Waals surface area contributed by atoms with Crippen LogP contribution in [-0.2, 0) is 11.3 Å². The lowest BCUT2D eigenvalue weighted by molar-refractivity contribution is -0.133. The second kappa shape index (κ2) is 8.00. The van der Waals surface area contributed by atoms with Crippen molar-refractivity contribution in [2.75, 3.05) is 6.54 Å². The summed E-state index contributed by atoms with van der Waals surface area (Å²) in [6.45, 7) is 9.42. The van der Waals surface area contributed by atoms with Crippen molar-refractivity contribution in [1.82, 2.24) is 4.90 Å². The first kappa shape index (κ1) is 18.1. The fourth-order valence-electron chi connectivity index (χ4n) is 2.57. The largest absolute Gasteiger partial charge is 0.467 e. The summed E-state index contributed by atoms with van der Waals surface area (Å²) in [5.41, 5.74) is 2.27. The van der Waals surface area contributed by atoms with Crippen LogP contribution >= 0.6 is 0 Å². The molecule has 0 aliphatic carbocycles. The number of hydrogen-bond donors (Lipinski definition) is 0. The number of furan rings is 1. The van der Waals surface area contributed by atoms with E-state index >= 15 is 0 Å². The van der Waals surface area contributed by atoms with Gasteiger partial charge in [0, 0.05) is 13.0 Å². The van der Waals surface area contributed by atoms with Crippen molar-refractivity contribution < 1.29 is 9.21 Å². The van der Waals surface area contributed by atoms with Crippen LogP contribution in [0.5, 0.6) is 0 Å². The molecular formula is C21H27NO2. The maximum absolute atomic E-state index is 12.7. The molecule has 0 spiro atoms. The van der Waals surface area contributed by atoms with Gasteiger partial charge in [-0.1, -0.05) is 62.8 Å². The van der Waals surface area contributed by atoms with Crippen LogP contribution in [0.1, 0.15) is 45.4 Å². The Morgan fingerprint density at radius 1 is 1.12 bits per heavy atom. The van der Waals surface area contributed by atoms with E-state index in [-0.39, 0.29) is 11.3 Å². The maximum atomic E-state index is 12.7. The quantitative estimate of drug-likeness (QED) is 0.736. The average molecular weight is 325 g/mol. The Labute approximate surface area is 145 Å². The molecular weight excluding hydrogens is 298 g/mol. The van der Waals surface area contributed by atoms with Crippen molar-refractivity contribution >= 4 is 12.0 Å². The Kier molecular flexibility index (Phi) is 6.02. The summed E-state index contributed by atoms with van der Waals surface area (Å²) < 4.78 is 5.43. The standard InChI is InChI=1S/C21H27NO2/c1-17(13-18-9-6-5-7-10-18)15-22(16-19-11-8-12-24-19)20(23)14-21(2,3)4/h5-13H,14-16H2,1-4H3/b17-13+. The number of carbonyl (C=O) groups excluding carboxylic acids is 1. The molecule has 3 nitrogen and oxygen atoms in total. The predicted molar refractivity (Wildman–Crippen MR) is 98.3 cm³/mol. The highest BCUT2D eigenvalue weighted by Crippen LogP contribution is 2.21. The Morgan fingerprint density at radius 2 is 1.83 bits per heavy atom. The van der Waals surface area contributed by atoms with Crippen LogP contribution in [0, 0.1) is 5.41 Å². The smallest absolute Gasteiger partial charge is 0.223 e. The van der Waals surface area contributed by atoms with Gasteiger partial charge in [0.05, 0.1) is 12.8 Å². The molecule has 2 rings (SSSR count). The molecule has 0 saturated heterocycles. The molecule has 2 aromatic rings. The number of carbonyl (C=O) groups is 1. The van der Waals surface area contributed by atoms with Crippen molar-refractivity contribution in [3.63, 3.8) is 0 Å². The van der Waals surface area contributed by atoms with Crippen molar-refractivity contribution in [1.29, 1.82) is 0 Å². The van der Waals surface area contributed by atoms with E-state index in [1.54, 1.807) is 6.26 Å². The third kappa shape index (κ3) is 6.07. The molecule has 0 bridgehead atoms. The molecule has 1 amide bonds. The molecule has 1 aromatic carbocycles. The summed E-state index contributed by atoms with van der Waals surface area (Å²) in [5, 5.41) is 0. The number of amides is 1. The zero-order valence-corrected chi connectivity index (χ0v) is 15.1. The Hall–Kier alpha value is -2.29. The van der Waals surface area contributed by atoms with Crippen LogP contribution in [0.15, 0.2) is 58.7 Å². The van der Waals surface area contributed by atoms with Gasteiger partial charge in [-0.15, -0.1) is 0 Å². The SMILES string of the molecule is C/C(=C\c1ccccc1)CN(Cc1ccco1)C(=O)CC(C)(C)C. The molecule has 128 valence electrons. The first-order valence-electron chi connectivity index (χ1n) is 8.36. The Bertz CT molecular complexity index is 664. The van der Waals surface area contributed by atoms with Crippen LogP contribution in [0.25, 0.3) is 6.08 Å². The minimum absolute atomic E-state index is 0.0322. The maximum Gasteiger partial charge on any atom is 0.223 e. The Balaban J connectivity index is 2.12. The Morgan fingerprint density at radius 3 is 2.42 bits per heavy atom. The van der Waals surface area contributed by atoms with Gasteiger partial charge >= 0.3 is 0 Å². The van der Waals surface area contributed by atoms with Gasteiger partial charge in [-0.2, -0.15) is 0 Å². The molecule has 0 aliphatic heterocycles. The number of nitrogens with zero attached hydrogens (tertiary/aromatic N) is 1. The van der Waals surface area contributed by atoms with E-state index < -0.39 is 0 Å². The van der Waals surface area contributed by atoms with Crippen LogP contribution in [0.4, 0.5) is 0 Å². The zero-order chi connectivity index (χ0) is 17.6. The fraction of sp³-hybridized carbons (Fsp3) is 0.381. The summed E-state index contributed by atoms with van der Waals surface area (Å²) in [4.78, 5) is 14.6. The monoisotopic (exact) mass is 325 g/mol. The highest BCUT2D eigenvalue weighted by molar-refractivity contribution is 5.77. The van der Waals surface area contributed by atoms with Gasteiger partial charge < -0.3 is 9.32 Å². The lowest BCUT2D eigenvalue weighted by atomic mass is 9.91. The van der Waals surface area contributed by atoms with E-state index in [0.717, 1.165) is 16.9 Å². The van der Waals surface area contributed by atoms with Gasteiger partial charge in [0.15, 0.2) is 0 Å². The summed E-state index contributed by atoms with van der Waals surface area (Å²) >= 11 is 0. The third-order valence-electron chi connectivity index (χ3n) is 3.61. The fourth-order valence-corrected chi connectivity index (χ4v) is 2.57. The van der Waals surface area contributed by atoms with Crippen LogP contribution in [-0.4, -0.2) is 17.4 Å². The van der Waals surface area contributed by atoms with Gasteiger partial charge in [-0.25, -0.2) is 0 Å². The molecule has 24 heavy (non-hydrogen) atoms. The highest BCUT2D eigenvalue weighted by Gasteiger charge is 2.22. The predicted octanol–water partition coefficient (Wildman–Crippen LogP) is 5.15. The van der Waals surface area contributed by atoms with Crippen molar-refractivity contribution in [3.05, 3.63) is 65.6 Å². The third-order valence-corrected chi connectivity index (χ3v) is 3.61. The van der Waals surface area contributed by atoms with Crippen LogP contribution < -0.4 is 0 Å². The van der Waals surface area contributed by atoms with Gasteiger partial charge in [0.2, 0.25) is 5.91 Å². The number of hydrogen-bond acceptors (Lipinski definition) is 2. The van der Waals surface area contributed by atoms with E-state index in [4.69, 9.17) is 4.42 Å². The molecule has 3 heteroatoms. The first-order valence-corrected chi connectivity index (χ1v) is 8.36. The molecule has 0 N–H and O–H groups in total. The first-order chi connectivity index (χ1) is 11.3. The van der Waals surface area contributed by atoms with E-state index in [0.29, 0.717) is 19.5 Å². The minimum Gasteiger partial charge on any atom is -0.467 e. The average Bonchev–Trinajstić information content (AvgIpc) is 2.99. The summed E-state index contributed by atoms with van der Waals surface area (Å²) in [6, 6.07) is 13.9. The van der Waals surface area contributed by atoms with Crippen LogP contribution in [0.3, 0.4) is 0 Å². The van der Waals surface area contributed by atoms with Crippen molar-refractivity contribution in [2.45, 2.75) is 40.7 Å². The van der Waals surface area contributed by atoms with Gasteiger partial charge in [-0.3, -0.25) is 4.79 Å². The lowest BCUT2D eigenvalue weighted by Gasteiger charge is -2.26. The minimum atomic E-state index is -0.0322. The normalized spacial score (nSPS) is 12.2. The molecule has 0 radical (unpaired) electrons. The van der Waals surface area contributed by atoms with Crippen molar-refractivity contribution in [3.8, 4) is 0 Å². The van der Waals surface area contributed by atoms with E-state index in [2.05, 4.69) is 45.9 Å². The van der Waals surface area contributed by atoms with E-state index in [9.17, 15) is 4.79 Å². The van der Waals surface area contributed by atoms with Crippen LogP contribution in [0.2, 0.25) is 0 Å². The van der Waals surface area contributed by atoms with E-state index in [1.807, 2.05) is 35.2 Å². The molecule has 0 aliphatic rings. The molecule has 1 aromatic heterocycles. The summed E-state index contributed by atoms with van der Waals surface area (Å²) in [6.07, 6.45) is 4.29. The van der Waals surface area contributed by atoms with E-state index in [1.165, 1.54) is 0 Å². The molecule has 1 heterocycles. The highest BCUT2D eigenvalue weighted by atomic mass is 16.3. The molecule has 0 saturated carbocycles. The number of rotatable bonds is 6. The topological polar surface area (TPSA) is 33.5 Å². The summed E-state index contributed by atoms with van der Waals surface area (Å²) in [5.74, 6) is 0.962. The lowest BCUT2D eigenvalue weighted by Crippen LogP contribution is -2.34. The summed E-state index contributed by atoms with van der Waals surface area (Å²) in [7, 11) is 0. The molecule has 0 fully saturated rings. The molecule has 0 atom stereocenters.